The first-order valence-corrected chi connectivity index (χ1v) is 8.53. The van der Waals surface area contributed by atoms with E-state index in [1.165, 1.54) is 0 Å². The van der Waals surface area contributed by atoms with E-state index >= 15 is 0 Å². The fourth-order valence-corrected chi connectivity index (χ4v) is 2.04. The van der Waals surface area contributed by atoms with Gasteiger partial charge in [-0.1, -0.05) is 0 Å². The third-order valence-corrected chi connectivity index (χ3v) is 4.25. The van der Waals surface area contributed by atoms with Crippen molar-refractivity contribution in [3.63, 3.8) is 0 Å². The Hall–Kier alpha value is -2.26. The number of halogens is 21. The highest BCUT2D eigenvalue weighted by Crippen LogP contribution is 2.66. The fraction of sp³-hybridized carbons (Fsp3) is 0.800. The second kappa shape index (κ2) is 9.44. The molecule has 0 bridgehead atoms. The highest BCUT2D eigenvalue weighted by Gasteiger charge is 2.97. The lowest BCUT2D eigenvalue weighted by Crippen LogP contribution is -2.76. The normalized spacial score (nSPS) is 16.3. The predicted molar refractivity (Wildman–Crippen MR) is 76.4 cm³/mol. The molecular weight excluding hydrogens is 611 g/mol. The Morgan fingerprint density at radius 1 is 0.500 bits per heavy atom. The van der Waals surface area contributed by atoms with Crippen molar-refractivity contribution in [2.24, 2.45) is 0 Å². The average molecular weight is 618 g/mol. The van der Waals surface area contributed by atoms with Crippen LogP contribution in [-0.4, -0.2) is 72.1 Å². The number of esters is 1. The number of rotatable bonds is 11. The molecule has 0 spiro atoms. The molecule has 0 aliphatic carbocycles. The minimum absolute atomic E-state index is 0.743. The lowest BCUT2D eigenvalue weighted by atomic mass is 9.86. The van der Waals surface area contributed by atoms with E-state index in [9.17, 15) is 97.0 Å². The molecular formula is C15H7F21O2. The zero-order chi connectivity index (χ0) is 31.4. The summed E-state index contributed by atoms with van der Waals surface area (Å²) in [5.74, 6) is -79.9. The molecule has 0 heterocycles. The Morgan fingerprint density at radius 3 is 1.03 bits per heavy atom. The molecule has 23 heteroatoms. The minimum atomic E-state index is -9.22. The van der Waals surface area contributed by atoms with Crippen LogP contribution in [0.3, 0.4) is 0 Å². The number of ether oxygens (including phenoxy) is 1. The van der Waals surface area contributed by atoms with E-state index in [0.717, 1.165) is 6.92 Å². The summed E-state index contributed by atoms with van der Waals surface area (Å²) in [5.41, 5.74) is 0. The van der Waals surface area contributed by atoms with Crippen molar-refractivity contribution in [2.45, 2.75) is 66.4 Å². The molecule has 38 heavy (non-hydrogen) atoms. The number of alkyl halides is 21. The zero-order valence-corrected chi connectivity index (χ0v) is 17.1. The summed E-state index contributed by atoms with van der Waals surface area (Å²) >= 11 is 0. The van der Waals surface area contributed by atoms with Gasteiger partial charge in [-0.3, -0.25) is 0 Å². The molecule has 0 rings (SSSR count). The second-order valence-electron chi connectivity index (χ2n) is 6.80. The van der Waals surface area contributed by atoms with Crippen LogP contribution in [0.15, 0.2) is 12.2 Å². The number of hydrogen-bond acceptors (Lipinski definition) is 2. The highest BCUT2D eigenvalue weighted by molar-refractivity contribution is 5.82. The molecule has 0 fully saturated rings. The fourth-order valence-electron chi connectivity index (χ4n) is 2.04. The second-order valence-corrected chi connectivity index (χ2v) is 6.80. The van der Waals surface area contributed by atoms with Crippen LogP contribution in [-0.2, 0) is 9.53 Å². The van der Waals surface area contributed by atoms with Gasteiger partial charge in [-0.15, -0.1) is 0 Å². The molecule has 0 aromatic carbocycles. The standard InChI is InChI=1S/C15H7F21O2/c1-2-38-5(37)3-4-6(16,17)7(18,19)8(20,21)9(22,23)10(24,25)11(26,27)12(28,29)13(30,31)14(32,33)15(34,35)36/h3-4H,2H2,1H3. The van der Waals surface area contributed by atoms with Crippen molar-refractivity contribution in [3.8, 4) is 0 Å². The molecule has 0 saturated heterocycles. The molecule has 0 amide bonds. The van der Waals surface area contributed by atoms with Crippen molar-refractivity contribution in [3.05, 3.63) is 12.2 Å². The number of carbonyl (C=O) groups excluding carboxylic acids is 1. The van der Waals surface area contributed by atoms with Gasteiger partial charge >= 0.3 is 65.4 Å². The van der Waals surface area contributed by atoms with Crippen LogP contribution in [0.5, 0.6) is 0 Å². The van der Waals surface area contributed by atoms with E-state index in [4.69, 9.17) is 0 Å². The van der Waals surface area contributed by atoms with Gasteiger partial charge in [-0.05, 0) is 13.0 Å². The summed E-state index contributed by atoms with van der Waals surface area (Å²) in [6.07, 6.45) is -10.7. The lowest BCUT2D eigenvalue weighted by Gasteiger charge is -2.44. The third kappa shape index (κ3) is 4.70. The first-order valence-electron chi connectivity index (χ1n) is 8.53. The third-order valence-electron chi connectivity index (χ3n) is 4.25. The first kappa shape index (κ1) is 35.7. The van der Waals surface area contributed by atoms with Crippen molar-refractivity contribution >= 4 is 5.97 Å². The van der Waals surface area contributed by atoms with Crippen LogP contribution in [0.4, 0.5) is 92.2 Å². The molecule has 0 aromatic rings. The van der Waals surface area contributed by atoms with Crippen LogP contribution >= 0.6 is 0 Å². The van der Waals surface area contributed by atoms with Gasteiger partial charge in [0.15, 0.2) is 0 Å². The SMILES string of the molecule is CCOC(=O)C=CC(F)(F)C(F)(F)C(F)(F)C(F)(F)C(F)(F)C(F)(F)C(F)(F)C(F)(F)C(F)(F)C(F)(F)F. The Morgan fingerprint density at radius 2 is 0.763 bits per heavy atom. The van der Waals surface area contributed by atoms with Gasteiger partial charge in [0.1, 0.15) is 0 Å². The summed E-state index contributed by atoms with van der Waals surface area (Å²) in [4.78, 5) is 10.8. The Bertz CT molecular complexity index is 897. The van der Waals surface area contributed by atoms with Crippen LogP contribution in [0.2, 0.25) is 0 Å². The van der Waals surface area contributed by atoms with Gasteiger partial charge in [0, 0.05) is 6.08 Å². The van der Waals surface area contributed by atoms with Crippen LogP contribution in [0.25, 0.3) is 0 Å². The molecule has 0 atom stereocenters. The smallest absolute Gasteiger partial charge is 0.460 e. The van der Waals surface area contributed by atoms with Crippen LogP contribution in [0, 0.1) is 0 Å². The first-order chi connectivity index (χ1) is 16.2. The zero-order valence-electron chi connectivity index (χ0n) is 17.1. The maximum Gasteiger partial charge on any atom is 0.460 e. The van der Waals surface area contributed by atoms with E-state index in [-0.39, 0.29) is 0 Å². The van der Waals surface area contributed by atoms with Crippen molar-refractivity contribution < 1.29 is 102 Å². The van der Waals surface area contributed by atoms with Crippen molar-refractivity contribution in [1.29, 1.82) is 0 Å². The number of carbonyl (C=O) groups is 1. The molecule has 0 aliphatic heterocycles. The monoisotopic (exact) mass is 618 g/mol. The molecule has 0 aromatic heterocycles. The summed E-state index contributed by atoms with van der Waals surface area (Å²) in [5, 5.41) is 0. The maximum atomic E-state index is 13.6. The van der Waals surface area contributed by atoms with Gasteiger partial charge in [0.2, 0.25) is 0 Å². The molecule has 226 valence electrons. The predicted octanol–water partition coefficient (Wildman–Crippen LogP) is 7.39. The largest absolute Gasteiger partial charge is 0.463 e. The Balaban J connectivity index is 7.00. The van der Waals surface area contributed by atoms with Crippen molar-refractivity contribution in [2.75, 3.05) is 6.61 Å². The number of hydrogen-bond donors (Lipinski definition) is 0. The van der Waals surface area contributed by atoms with Gasteiger partial charge in [0.25, 0.3) is 0 Å². The van der Waals surface area contributed by atoms with E-state index in [1.54, 1.807) is 0 Å². The van der Waals surface area contributed by atoms with Gasteiger partial charge in [-0.25, -0.2) is 4.79 Å². The molecule has 2 nitrogen and oxygen atoms in total. The molecule has 0 unspecified atom stereocenters. The average Bonchev–Trinajstić information content (AvgIpc) is 2.70. The molecule has 0 aliphatic rings. The summed E-state index contributed by atoms with van der Waals surface area (Å²) < 4.78 is 280. The lowest BCUT2D eigenvalue weighted by molar-refractivity contribution is -0.473. The molecule has 0 radical (unpaired) electrons. The van der Waals surface area contributed by atoms with Crippen LogP contribution < -0.4 is 0 Å². The van der Waals surface area contributed by atoms with E-state index in [2.05, 4.69) is 4.74 Å². The van der Waals surface area contributed by atoms with Gasteiger partial charge in [0.05, 0.1) is 6.61 Å². The quantitative estimate of drug-likeness (QED) is 0.137. The topological polar surface area (TPSA) is 26.3 Å². The Kier molecular flexibility index (Phi) is 8.87. The Labute approximate surface area is 194 Å². The van der Waals surface area contributed by atoms with E-state index in [1.807, 2.05) is 0 Å². The van der Waals surface area contributed by atoms with E-state index < -0.39 is 84.2 Å². The van der Waals surface area contributed by atoms with Gasteiger partial charge in [-0.2, -0.15) is 92.2 Å². The minimum Gasteiger partial charge on any atom is -0.463 e. The van der Waals surface area contributed by atoms with Crippen LogP contribution in [0.1, 0.15) is 6.92 Å². The summed E-state index contributed by atoms with van der Waals surface area (Å²) in [6, 6.07) is 0. The maximum absolute atomic E-state index is 13.6. The summed E-state index contributed by atoms with van der Waals surface area (Å²) in [6.45, 7) is 0.173. The highest BCUT2D eigenvalue weighted by atomic mass is 19.4. The van der Waals surface area contributed by atoms with Gasteiger partial charge < -0.3 is 4.74 Å². The number of allylic oxidation sites excluding steroid dienone is 1. The molecule has 0 saturated carbocycles. The van der Waals surface area contributed by atoms with E-state index in [0.29, 0.717) is 0 Å². The van der Waals surface area contributed by atoms with Crippen molar-refractivity contribution in [1.82, 2.24) is 0 Å². The molecule has 0 N–H and O–H groups in total. The summed E-state index contributed by atoms with van der Waals surface area (Å²) in [7, 11) is 0.